The number of hydrogen-bond donors (Lipinski definition) is 1. The first-order valence-electron chi connectivity index (χ1n) is 12.3. The zero-order chi connectivity index (χ0) is 25.9. The minimum atomic E-state index is -0.435. The van der Waals surface area contributed by atoms with Crippen molar-refractivity contribution in [3.05, 3.63) is 71.7 Å². The van der Waals surface area contributed by atoms with Crippen LogP contribution in [-0.4, -0.2) is 76.9 Å². The Morgan fingerprint density at radius 1 is 1.05 bits per heavy atom. The maximum Gasteiger partial charge on any atom is 0.316 e. The number of anilines is 1. The van der Waals surface area contributed by atoms with Crippen molar-refractivity contribution in [1.29, 1.82) is 5.26 Å². The van der Waals surface area contributed by atoms with Crippen molar-refractivity contribution in [2.24, 2.45) is 0 Å². The lowest BCUT2D eigenvalue weighted by Gasteiger charge is -2.34. The fourth-order valence-electron chi connectivity index (χ4n) is 4.11. The molecule has 0 radical (unpaired) electrons. The number of nitrogen functional groups attached to an aromatic ring is 1. The fourth-order valence-corrected chi connectivity index (χ4v) is 5.05. The van der Waals surface area contributed by atoms with Crippen LogP contribution in [0.15, 0.2) is 59.9 Å². The highest BCUT2D eigenvalue weighted by Crippen LogP contribution is 2.27. The molecule has 0 bridgehead atoms. The topological polar surface area (TPSA) is 113 Å². The van der Waals surface area contributed by atoms with Crippen LogP contribution in [0.2, 0.25) is 0 Å². The highest BCUT2D eigenvalue weighted by molar-refractivity contribution is 7.99. The third-order valence-electron chi connectivity index (χ3n) is 6.20. The standard InChI is InChI=1S/C27H33N7O2S/c1-35-15-14-33-10-12-34(13-11-33)18-21-4-2-5-22(16-21)19-36-27-31-9-7-25(32-27)23(17-28)20-37-26-24(29)6-3-8-30-26/h2-9,16,23H,10-15,18-20,29H2,1H3. The van der Waals surface area contributed by atoms with Crippen LogP contribution in [0.25, 0.3) is 0 Å². The van der Waals surface area contributed by atoms with E-state index in [1.807, 2.05) is 6.07 Å². The van der Waals surface area contributed by atoms with E-state index in [1.165, 1.54) is 17.3 Å². The van der Waals surface area contributed by atoms with Crippen LogP contribution < -0.4 is 10.5 Å². The average molecular weight is 520 g/mol. The number of pyridine rings is 1. The minimum absolute atomic E-state index is 0.262. The Balaban J connectivity index is 1.29. The highest BCUT2D eigenvalue weighted by Gasteiger charge is 2.17. The minimum Gasteiger partial charge on any atom is -0.459 e. The van der Waals surface area contributed by atoms with E-state index in [0.29, 0.717) is 28.8 Å². The van der Waals surface area contributed by atoms with E-state index in [9.17, 15) is 5.26 Å². The Kier molecular flexibility index (Phi) is 10.1. The van der Waals surface area contributed by atoms with Gasteiger partial charge in [0.05, 0.1) is 30.0 Å². The molecule has 0 aliphatic carbocycles. The predicted octanol–water partition coefficient (Wildman–Crippen LogP) is 3.20. The molecule has 1 unspecified atom stereocenters. The van der Waals surface area contributed by atoms with Crippen molar-refractivity contribution < 1.29 is 9.47 Å². The highest BCUT2D eigenvalue weighted by atomic mass is 32.2. The van der Waals surface area contributed by atoms with Crippen molar-refractivity contribution in [1.82, 2.24) is 24.8 Å². The van der Waals surface area contributed by atoms with Crippen LogP contribution in [-0.2, 0) is 17.9 Å². The largest absolute Gasteiger partial charge is 0.459 e. The number of aromatic nitrogens is 3. The molecular formula is C27H33N7O2S. The maximum absolute atomic E-state index is 9.71. The SMILES string of the molecule is COCCN1CCN(Cc2cccc(COc3nccc(C(C#N)CSc4ncccc4N)n3)c2)CC1. The molecule has 1 aliphatic heterocycles. The van der Waals surface area contributed by atoms with Gasteiger partial charge >= 0.3 is 6.01 Å². The summed E-state index contributed by atoms with van der Waals surface area (Å²) in [5.41, 5.74) is 9.51. The van der Waals surface area contributed by atoms with Gasteiger partial charge in [-0.1, -0.05) is 24.3 Å². The number of benzene rings is 1. The van der Waals surface area contributed by atoms with E-state index in [4.69, 9.17) is 15.2 Å². The van der Waals surface area contributed by atoms with Crippen molar-refractivity contribution in [2.75, 3.05) is 57.9 Å². The van der Waals surface area contributed by atoms with Crippen molar-refractivity contribution in [3.8, 4) is 12.1 Å². The van der Waals surface area contributed by atoms with E-state index in [2.05, 4.69) is 49.0 Å². The van der Waals surface area contributed by atoms with Crippen molar-refractivity contribution >= 4 is 17.4 Å². The molecule has 1 fully saturated rings. The molecule has 0 saturated carbocycles. The van der Waals surface area contributed by atoms with Crippen molar-refractivity contribution in [2.45, 2.75) is 24.1 Å². The predicted molar refractivity (Wildman–Crippen MR) is 144 cm³/mol. The first-order chi connectivity index (χ1) is 18.1. The van der Waals surface area contributed by atoms with Crippen LogP contribution in [0.5, 0.6) is 6.01 Å². The molecule has 9 nitrogen and oxygen atoms in total. The first-order valence-corrected chi connectivity index (χ1v) is 13.3. The Hall–Kier alpha value is -3.23. The summed E-state index contributed by atoms with van der Waals surface area (Å²) in [5.74, 6) is 0.0479. The molecule has 2 aromatic heterocycles. The fraction of sp³-hybridized carbons (Fsp3) is 0.407. The number of nitriles is 1. The second kappa shape index (κ2) is 13.9. The number of nitrogens with zero attached hydrogens (tertiary/aromatic N) is 6. The molecule has 1 atom stereocenters. The molecule has 10 heteroatoms. The van der Waals surface area contributed by atoms with Gasteiger partial charge in [0.15, 0.2) is 0 Å². The summed E-state index contributed by atoms with van der Waals surface area (Å²) in [6, 6.07) is 16.3. The Morgan fingerprint density at radius 2 is 1.86 bits per heavy atom. The Morgan fingerprint density at radius 3 is 2.65 bits per heavy atom. The molecule has 1 aliphatic rings. The van der Waals surface area contributed by atoms with E-state index in [1.54, 1.807) is 37.7 Å². The van der Waals surface area contributed by atoms with Crippen LogP contribution in [0.3, 0.4) is 0 Å². The van der Waals surface area contributed by atoms with Gasteiger partial charge < -0.3 is 15.2 Å². The average Bonchev–Trinajstić information content (AvgIpc) is 2.93. The van der Waals surface area contributed by atoms with E-state index in [-0.39, 0.29) is 6.01 Å². The van der Waals surface area contributed by atoms with Crippen molar-refractivity contribution in [3.63, 3.8) is 0 Å². The van der Waals surface area contributed by atoms with Gasteiger partial charge in [-0.2, -0.15) is 10.2 Å². The second-order valence-corrected chi connectivity index (χ2v) is 9.88. The Labute approximate surface area is 222 Å². The van der Waals surface area contributed by atoms with Crippen LogP contribution >= 0.6 is 11.8 Å². The van der Waals surface area contributed by atoms with Gasteiger partial charge in [-0.15, -0.1) is 11.8 Å². The number of piperazine rings is 1. The quantitative estimate of drug-likeness (QED) is 0.358. The zero-order valence-electron chi connectivity index (χ0n) is 21.1. The number of hydrogen-bond acceptors (Lipinski definition) is 10. The third-order valence-corrected chi connectivity index (χ3v) is 7.31. The van der Waals surface area contributed by atoms with Gasteiger partial charge in [-0.05, 0) is 29.3 Å². The van der Waals surface area contributed by atoms with E-state index in [0.717, 1.165) is 51.4 Å². The summed E-state index contributed by atoms with van der Waals surface area (Å²) in [6.45, 7) is 7.29. The molecule has 4 rings (SSSR count). The summed E-state index contributed by atoms with van der Waals surface area (Å²) in [6.07, 6.45) is 3.32. The molecule has 0 amide bonds. The zero-order valence-corrected chi connectivity index (χ0v) is 21.9. The van der Waals surface area contributed by atoms with Gasteiger partial charge in [-0.25, -0.2) is 9.97 Å². The van der Waals surface area contributed by atoms with E-state index >= 15 is 0 Å². The Bertz CT molecular complexity index is 1180. The van der Waals surface area contributed by atoms with Gasteiger partial charge in [0, 0.05) is 64.5 Å². The first kappa shape index (κ1) is 26.8. The summed E-state index contributed by atoms with van der Waals surface area (Å²) in [4.78, 5) is 17.9. The monoisotopic (exact) mass is 519 g/mol. The third kappa shape index (κ3) is 8.13. The molecule has 37 heavy (non-hydrogen) atoms. The van der Waals surface area contributed by atoms with Gasteiger partial charge in [-0.3, -0.25) is 9.80 Å². The lowest BCUT2D eigenvalue weighted by Crippen LogP contribution is -2.46. The molecule has 1 saturated heterocycles. The molecular weight excluding hydrogens is 486 g/mol. The van der Waals surface area contributed by atoms with Crippen LogP contribution in [0, 0.1) is 11.3 Å². The second-order valence-electron chi connectivity index (χ2n) is 8.87. The van der Waals surface area contributed by atoms with Crippen LogP contribution in [0.1, 0.15) is 22.7 Å². The number of ether oxygens (including phenoxy) is 2. The van der Waals surface area contributed by atoms with E-state index < -0.39 is 5.92 Å². The van der Waals surface area contributed by atoms with Gasteiger partial charge in [0.2, 0.25) is 0 Å². The molecule has 2 N–H and O–H groups in total. The lowest BCUT2D eigenvalue weighted by atomic mass is 10.1. The number of methoxy groups -OCH3 is 1. The summed E-state index contributed by atoms with van der Waals surface area (Å²) in [7, 11) is 1.75. The summed E-state index contributed by atoms with van der Waals surface area (Å²) in [5, 5.41) is 10.4. The number of thioether (sulfide) groups is 1. The summed E-state index contributed by atoms with van der Waals surface area (Å²) >= 11 is 1.44. The lowest BCUT2D eigenvalue weighted by molar-refractivity contribution is 0.0938. The number of rotatable bonds is 12. The molecule has 0 spiro atoms. The van der Waals surface area contributed by atoms with Gasteiger partial charge in [0.1, 0.15) is 11.6 Å². The van der Waals surface area contributed by atoms with Crippen LogP contribution in [0.4, 0.5) is 5.69 Å². The smallest absolute Gasteiger partial charge is 0.316 e. The molecule has 3 aromatic rings. The molecule has 1 aromatic carbocycles. The maximum atomic E-state index is 9.71. The molecule has 3 heterocycles. The van der Waals surface area contributed by atoms with Gasteiger partial charge in [0.25, 0.3) is 0 Å². The number of nitrogens with two attached hydrogens (primary N) is 1. The summed E-state index contributed by atoms with van der Waals surface area (Å²) < 4.78 is 11.1. The molecule has 194 valence electrons. The normalized spacial score (nSPS) is 15.2.